The van der Waals surface area contributed by atoms with Crippen molar-refractivity contribution >= 4 is 11.9 Å². The molecular weight excluding hydrogens is 511 g/mol. The van der Waals surface area contributed by atoms with Crippen molar-refractivity contribution in [1.82, 2.24) is 0 Å². The summed E-state index contributed by atoms with van der Waals surface area (Å²) < 4.78 is 23.6. The zero-order valence-corrected chi connectivity index (χ0v) is 21.0. The minimum atomic E-state index is -0.527. The lowest BCUT2D eigenvalue weighted by Gasteiger charge is -2.19. The number of esters is 2. The van der Waals surface area contributed by atoms with E-state index < -0.39 is 38.7 Å². The maximum Gasteiger partial charge on any atom is 0.357 e. The maximum atomic E-state index is 12.1. The Kier molecular flexibility index (Phi) is 8.88. The van der Waals surface area contributed by atoms with Crippen molar-refractivity contribution in [2.45, 2.75) is 52.7 Å². The lowest BCUT2D eigenvalue weighted by molar-refractivity contribution is -0.597. The normalized spacial score (nSPS) is 11.7. The van der Waals surface area contributed by atoms with Gasteiger partial charge in [-0.05, 0) is 90.1 Å². The SMILES string of the molecule is CC(C)(C)OCOC(=O)c1ccc([I+]c2ccc(OCC(=O)OC(C)(C)C)cc2)cc1. The summed E-state index contributed by atoms with van der Waals surface area (Å²) >= 11 is -0.410. The van der Waals surface area contributed by atoms with Crippen LogP contribution in [-0.2, 0) is 19.0 Å². The van der Waals surface area contributed by atoms with Crippen molar-refractivity contribution in [1.29, 1.82) is 0 Å². The molecule has 0 radical (unpaired) electrons. The lowest BCUT2D eigenvalue weighted by Crippen LogP contribution is -3.61. The van der Waals surface area contributed by atoms with Crippen molar-refractivity contribution in [3.05, 3.63) is 61.2 Å². The van der Waals surface area contributed by atoms with Crippen molar-refractivity contribution in [2.75, 3.05) is 13.4 Å². The van der Waals surface area contributed by atoms with Gasteiger partial charge in [-0.1, -0.05) is 0 Å². The van der Waals surface area contributed by atoms with Crippen LogP contribution in [0.25, 0.3) is 0 Å². The number of benzene rings is 2. The average Bonchev–Trinajstić information content (AvgIpc) is 2.65. The molecule has 0 aliphatic heterocycles. The van der Waals surface area contributed by atoms with Gasteiger partial charge in [0, 0.05) is 0 Å². The first-order valence-corrected chi connectivity index (χ1v) is 12.1. The van der Waals surface area contributed by atoms with Gasteiger partial charge in [-0.25, -0.2) is 9.59 Å². The Morgan fingerprint density at radius 2 is 1.35 bits per heavy atom. The number of carbonyl (C=O) groups excluding carboxylic acids is 2. The van der Waals surface area contributed by atoms with E-state index in [4.69, 9.17) is 18.9 Å². The van der Waals surface area contributed by atoms with Crippen molar-refractivity contribution in [2.24, 2.45) is 0 Å². The first-order chi connectivity index (χ1) is 14.4. The van der Waals surface area contributed by atoms with E-state index in [2.05, 4.69) is 0 Å². The van der Waals surface area contributed by atoms with Gasteiger partial charge in [0.1, 0.15) is 11.4 Å². The van der Waals surface area contributed by atoms with Gasteiger partial charge in [0.15, 0.2) is 20.5 Å². The third-order valence-corrected chi connectivity index (χ3v) is 6.25. The molecule has 168 valence electrons. The molecule has 2 rings (SSSR count). The van der Waals surface area contributed by atoms with E-state index in [1.54, 1.807) is 12.1 Å². The van der Waals surface area contributed by atoms with Crippen LogP contribution in [-0.4, -0.2) is 36.5 Å². The summed E-state index contributed by atoms with van der Waals surface area (Å²) in [7, 11) is 0. The Labute approximate surface area is 194 Å². The first kappa shape index (κ1) is 25.1. The minimum Gasteiger partial charge on any atom is -0.482 e. The highest BCUT2D eigenvalue weighted by Crippen LogP contribution is 2.11. The van der Waals surface area contributed by atoms with Crippen LogP contribution in [0.5, 0.6) is 5.75 Å². The predicted molar refractivity (Wildman–Crippen MR) is 113 cm³/mol. The fraction of sp³-hybridized carbons (Fsp3) is 0.417. The summed E-state index contributed by atoms with van der Waals surface area (Å²) in [5, 5.41) is 0. The van der Waals surface area contributed by atoms with E-state index in [0.717, 1.165) is 0 Å². The molecule has 0 atom stereocenters. The highest BCUT2D eigenvalue weighted by atomic mass is 127. The zero-order valence-electron chi connectivity index (χ0n) is 18.9. The number of carbonyl (C=O) groups is 2. The monoisotopic (exact) mass is 541 g/mol. The highest BCUT2D eigenvalue weighted by Gasteiger charge is 2.19. The van der Waals surface area contributed by atoms with Gasteiger partial charge >= 0.3 is 33.1 Å². The van der Waals surface area contributed by atoms with Gasteiger partial charge in [-0.15, -0.1) is 0 Å². The summed E-state index contributed by atoms with van der Waals surface area (Å²) in [5.41, 5.74) is -0.386. The predicted octanol–water partition coefficient (Wildman–Crippen LogP) is 1.46. The Hall–Kier alpha value is -2.13. The first-order valence-electron chi connectivity index (χ1n) is 9.92. The molecule has 2 aromatic rings. The van der Waals surface area contributed by atoms with E-state index >= 15 is 0 Å². The van der Waals surface area contributed by atoms with Crippen LogP contribution in [0.2, 0.25) is 0 Å². The molecule has 0 amide bonds. The van der Waals surface area contributed by atoms with Gasteiger partial charge in [0.05, 0.1) is 11.2 Å². The number of ether oxygens (including phenoxy) is 4. The second kappa shape index (κ2) is 10.9. The summed E-state index contributed by atoms with van der Waals surface area (Å²) in [6, 6.07) is 15.1. The number of hydrogen-bond donors (Lipinski definition) is 0. The van der Waals surface area contributed by atoms with Crippen LogP contribution >= 0.6 is 0 Å². The molecule has 0 aromatic heterocycles. The van der Waals surface area contributed by atoms with Gasteiger partial charge in [-0.2, -0.15) is 0 Å². The maximum absolute atomic E-state index is 12.1. The summed E-state index contributed by atoms with van der Waals surface area (Å²) in [5.74, 6) is -0.178. The lowest BCUT2D eigenvalue weighted by atomic mass is 10.2. The van der Waals surface area contributed by atoms with Crippen LogP contribution in [0.4, 0.5) is 0 Å². The molecule has 0 heterocycles. The number of rotatable bonds is 8. The Morgan fingerprint density at radius 1 is 0.806 bits per heavy atom. The Bertz CT molecular complexity index is 861. The van der Waals surface area contributed by atoms with Gasteiger partial charge < -0.3 is 18.9 Å². The van der Waals surface area contributed by atoms with E-state index in [-0.39, 0.29) is 19.0 Å². The van der Waals surface area contributed by atoms with Crippen LogP contribution in [0.1, 0.15) is 51.9 Å². The third-order valence-electron chi connectivity index (χ3n) is 3.57. The molecule has 0 N–H and O–H groups in total. The molecule has 0 spiro atoms. The fourth-order valence-electron chi connectivity index (χ4n) is 2.23. The molecule has 0 aliphatic carbocycles. The molecule has 7 heteroatoms. The molecule has 31 heavy (non-hydrogen) atoms. The number of hydrogen-bond acceptors (Lipinski definition) is 6. The molecule has 0 bridgehead atoms. The smallest absolute Gasteiger partial charge is 0.357 e. The molecule has 0 aliphatic rings. The molecule has 2 aromatic carbocycles. The zero-order chi connectivity index (χ0) is 23.1. The third kappa shape index (κ3) is 10.1. The summed E-state index contributed by atoms with van der Waals surface area (Å²) in [6.07, 6.45) is 0. The van der Waals surface area contributed by atoms with E-state index in [0.29, 0.717) is 11.3 Å². The topological polar surface area (TPSA) is 71.1 Å². The van der Waals surface area contributed by atoms with E-state index in [1.165, 1.54) is 7.14 Å². The quantitative estimate of drug-likeness (QED) is 0.287. The fourth-order valence-corrected chi connectivity index (χ4v) is 4.38. The van der Waals surface area contributed by atoms with Crippen molar-refractivity contribution in [3.63, 3.8) is 0 Å². The summed E-state index contributed by atoms with van der Waals surface area (Å²) in [6.45, 7) is 11.0. The van der Waals surface area contributed by atoms with Crippen LogP contribution in [0, 0.1) is 7.14 Å². The average molecular weight is 541 g/mol. The standard InChI is InChI=1S/C24H30IO6/c1-23(2,3)30-16-29-22(27)17-7-9-18(10-8-17)25-19-11-13-20(14-12-19)28-15-21(26)31-24(4,5)6/h7-14H,15-16H2,1-6H3/q+1. The van der Waals surface area contributed by atoms with Crippen LogP contribution in [0.3, 0.4) is 0 Å². The Balaban J connectivity index is 1.83. The van der Waals surface area contributed by atoms with E-state index in [9.17, 15) is 9.59 Å². The largest absolute Gasteiger partial charge is 0.482 e. The molecule has 0 unspecified atom stereocenters. The molecule has 6 nitrogen and oxygen atoms in total. The Morgan fingerprint density at radius 3 is 1.87 bits per heavy atom. The van der Waals surface area contributed by atoms with Gasteiger partial charge in [-0.3, -0.25) is 0 Å². The molecular formula is C24H30IO6+. The molecule has 0 saturated heterocycles. The van der Waals surface area contributed by atoms with Crippen molar-refractivity contribution in [3.8, 4) is 5.75 Å². The number of halogens is 1. The van der Waals surface area contributed by atoms with E-state index in [1.807, 2.05) is 77.9 Å². The molecule has 0 fully saturated rings. The van der Waals surface area contributed by atoms with Crippen LogP contribution < -0.4 is 25.9 Å². The second-order valence-electron chi connectivity index (χ2n) is 8.74. The highest BCUT2D eigenvalue weighted by molar-refractivity contribution is 5.89. The minimum absolute atomic E-state index is 0.0701. The second-order valence-corrected chi connectivity index (χ2v) is 11.8. The van der Waals surface area contributed by atoms with Gasteiger partial charge in [0.25, 0.3) is 0 Å². The van der Waals surface area contributed by atoms with Crippen LogP contribution in [0.15, 0.2) is 48.5 Å². The molecule has 0 saturated carbocycles. The van der Waals surface area contributed by atoms with Crippen molar-refractivity contribution < 1.29 is 49.7 Å². The summed E-state index contributed by atoms with van der Waals surface area (Å²) in [4.78, 5) is 23.8. The van der Waals surface area contributed by atoms with Gasteiger partial charge in [0.2, 0.25) is 0 Å².